The van der Waals surface area contributed by atoms with E-state index >= 15 is 0 Å². The molecule has 1 aliphatic rings. The zero-order valence-corrected chi connectivity index (χ0v) is 20.2. The lowest BCUT2D eigenvalue weighted by Gasteiger charge is -2.16. The number of benzene rings is 2. The second-order valence-corrected chi connectivity index (χ2v) is 9.61. The van der Waals surface area contributed by atoms with Crippen LogP contribution in [0.2, 0.25) is 5.02 Å². The van der Waals surface area contributed by atoms with Crippen molar-refractivity contribution in [2.75, 3.05) is 16.8 Å². The van der Waals surface area contributed by atoms with E-state index in [-0.39, 0.29) is 18.2 Å². The number of thiazole rings is 1. The van der Waals surface area contributed by atoms with E-state index in [4.69, 9.17) is 16.6 Å². The predicted octanol–water partition coefficient (Wildman–Crippen LogP) is 5.26. The number of nitrogens with one attached hydrogen (secondary N) is 1. The van der Waals surface area contributed by atoms with Crippen molar-refractivity contribution < 1.29 is 9.59 Å². The SMILES string of the molecule is Cc1ccc(-c2csc(-n3nc(C)cc3NC(=O)C3CC(=O)N(c4ccc(Cl)cc4)C3)n2)cc1. The number of anilines is 2. The van der Waals surface area contributed by atoms with Gasteiger partial charge in [0.05, 0.1) is 17.3 Å². The Morgan fingerprint density at radius 2 is 1.85 bits per heavy atom. The maximum Gasteiger partial charge on any atom is 0.230 e. The summed E-state index contributed by atoms with van der Waals surface area (Å²) in [4.78, 5) is 32.0. The Balaban J connectivity index is 1.33. The van der Waals surface area contributed by atoms with Crippen molar-refractivity contribution in [1.29, 1.82) is 0 Å². The zero-order valence-electron chi connectivity index (χ0n) is 18.7. The number of carbonyl (C=O) groups excluding carboxylic acids is 2. The fourth-order valence-corrected chi connectivity index (χ4v) is 4.86. The number of aromatic nitrogens is 3. The van der Waals surface area contributed by atoms with Gasteiger partial charge in [0, 0.05) is 40.7 Å². The van der Waals surface area contributed by atoms with Crippen LogP contribution in [0.25, 0.3) is 16.4 Å². The van der Waals surface area contributed by atoms with E-state index < -0.39 is 5.92 Å². The molecule has 0 spiro atoms. The third kappa shape index (κ3) is 4.47. The number of halogens is 1. The molecular formula is C25H22ClN5O2S. The first-order chi connectivity index (χ1) is 16.4. The quantitative estimate of drug-likeness (QED) is 0.413. The number of carbonyl (C=O) groups is 2. The molecule has 1 unspecified atom stereocenters. The minimum Gasteiger partial charge on any atom is -0.312 e. The predicted molar refractivity (Wildman–Crippen MR) is 135 cm³/mol. The van der Waals surface area contributed by atoms with Crippen molar-refractivity contribution in [3.8, 4) is 16.4 Å². The Morgan fingerprint density at radius 1 is 1.12 bits per heavy atom. The van der Waals surface area contributed by atoms with E-state index in [2.05, 4.69) is 10.4 Å². The van der Waals surface area contributed by atoms with Gasteiger partial charge >= 0.3 is 0 Å². The normalized spacial score (nSPS) is 15.7. The summed E-state index contributed by atoms with van der Waals surface area (Å²) >= 11 is 7.41. The van der Waals surface area contributed by atoms with Crippen molar-refractivity contribution >= 4 is 46.3 Å². The van der Waals surface area contributed by atoms with Crippen LogP contribution in [0.15, 0.2) is 60.0 Å². The number of hydrogen-bond donors (Lipinski definition) is 1. The first-order valence-corrected chi connectivity index (χ1v) is 12.1. The molecule has 0 bridgehead atoms. The van der Waals surface area contributed by atoms with Gasteiger partial charge in [0.15, 0.2) is 0 Å². The van der Waals surface area contributed by atoms with E-state index in [0.717, 1.165) is 22.6 Å². The number of nitrogens with zero attached hydrogens (tertiary/aromatic N) is 4. The van der Waals surface area contributed by atoms with Crippen LogP contribution in [0.5, 0.6) is 0 Å². The van der Waals surface area contributed by atoms with Crippen LogP contribution in [-0.4, -0.2) is 33.1 Å². The Kier molecular flexibility index (Phi) is 5.93. The maximum absolute atomic E-state index is 13.1. The number of hydrogen-bond acceptors (Lipinski definition) is 5. The smallest absolute Gasteiger partial charge is 0.230 e. The van der Waals surface area contributed by atoms with E-state index in [1.54, 1.807) is 39.9 Å². The van der Waals surface area contributed by atoms with Crippen molar-refractivity contribution in [3.05, 3.63) is 76.3 Å². The van der Waals surface area contributed by atoms with Crippen LogP contribution in [0.4, 0.5) is 11.5 Å². The fourth-order valence-electron chi connectivity index (χ4n) is 3.93. The molecule has 172 valence electrons. The van der Waals surface area contributed by atoms with Gasteiger partial charge in [-0.3, -0.25) is 9.59 Å². The lowest BCUT2D eigenvalue weighted by atomic mass is 10.1. The molecule has 0 radical (unpaired) electrons. The molecule has 1 N–H and O–H groups in total. The molecule has 1 fully saturated rings. The molecule has 2 aromatic carbocycles. The highest BCUT2D eigenvalue weighted by Crippen LogP contribution is 2.29. The highest BCUT2D eigenvalue weighted by Gasteiger charge is 2.35. The monoisotopic (exact) mass is 491 g/mol. The average Bonchev–Trinajstić information content (AvgIpc) is 3.53. The van der Waals surface area contributed by atoms with Crippen LogP contribution in [-0.2, 0) is 9.59 Å². The summed E-state index contributed by atoms with van der Waals surface area (Å²) in [5, 5.41) is 10.7. The molecule has 0 aliphatic carbocycles. The fraction of sp³-hybridized carbons (Fsp3) is 0.200. The van der Waals surface area contributed by atoms with Gasteiger partial charge in [-0.05, 0) is 38.1 Å². The minimum absolute atomic E-state index is 0.0881. The third-order valence-electron chi connectivity index (χ3n) is 5.74. The summed E-state index contributed by atoms with van der Waals surface area (Å²) in [6, 6.07) is 17.0. The van der Waals surface area contributed by atoms with Crippen LogP contribution in [0, 0.1) is 19.8 Å². The molecule has 4 aromatic rings. The highest BCUT2D eigenvalue weighted by atomic mass is 35.5. The van der Waals surface area contributed by atoms with E-state index in [9.17, 15) is 9.59 Å². The molecular weight excluding hydrogens is 470 g/mol. The van der Waals surface area contributed by atoms with Gasteiger partial charge in [-0.15, -0.1) is 11.3 Å². The molecule has 34 heavy (non-hydrogen) atoms. The first-order valence-electron chi connectivity index (χ1n) is 10.8. The summed E-state index contributed by atoms with van der Waals surface area (Å²) in [5.74, 6) is -0.243. The van der Waals surface area contributed by atoms with Crippen LogP contribution in [0.1, 0.15) is 17.7 Å². The summed E-state index contributed by atoms with van der Waals surface area (Å²) in [5.41, 5.74) is 4.55. The first kappa shape index (κ1) is 22.3. The van der Waals surface area contributed by atoms with Gasteiger partial charge in [0.1, 0.15) is 5.82 Å². The lowest BCUT2D eigenvalue weighted by Crippen LogP contribution is -2.28. The van der Waals surface area contributed by atoms with Crippen LogP contribution < -0.4 is 10.2 Å². The van der Waals surface area contributed by atoms with Crippen LogP contribution in [0.3, 0.4) is 0 Å². The molecule has 0 saturated carbocycles. The maximum atomic E-state index is 13.1. The van der Waals surface area contributed by atoms with Gasteiger partial charge in [0.2, 0.25) is 16.9 Å². The number of amides is 2. The van der Waals surface area contributed by atoms with Gasteiger partial charge in [0.25, 0.3) is 0 Å². The molecule has 7 nitrogen and oxygen atoms in total. The number of rotatable bonds is 5. The molecule has 5 rings (SSSR count). The molecule has 3 heterocycles. The molecule has 1 atom stereocenters. The topological polar surface area (TPSA) is 80.1 Å². The third-order valence-corrected chi connectivity index (χ3v) is 6.81. The highest BCUT2D eigenvalue weighted by molar-refractivity contribution is 7.12. The number of aryl methyl sites for hydroxylation is 2. The Bertz CT molecular complexity index is 1360. The summed E-state index contributed by atoms with van der Waals surface area (Å²) < 4.78 is 1.64. The Labute approximate surface area is 206 Å². The standard InChI is InChI=1S/C25H22ClN5O2S/c1-15-3-5-17(6-4-15)21-14-34-25(27-21)31-22(11-16(2)29-31)28-24(33)18-12-23(32)30(13-18)20-9-7-19(26)8-10-20/h3-11,14,18H,12-13H2,1-2H3,(H,28,33). The van der Waals surface area contributed by atoms with E-state index in [0.29, 0.717) is 22.5 Å². The summed E-state index contributed by atoms with van der Waals surface area (Å²) in [6.45, 7) is 4.22. The average molecular weight is 492 g/mol. The van der Waals surface area contributed by atoms with Crippen molar-refractivity contribution in [1.82, 2.24) is 14.8 Å². The van der Waals surface area contributed by atoms with Crippen molar-refractivity contribution in [2.24, 2.45) is 5.92 Å². The van der Waals surface area contributed by atoms with Crippen molar-refractivity contribution in [2.45, 2.75) is 20.3 Å². The molecule has 2 amide bonds. The second kappa shape index (κ2) is 9.04. The Hall–Kier alpha value is -3.49. The summed E-state index contributed by atoms with van der Waals surface area (Å²) in [7, 11) is 0. The molecule has 1 aliphatic heterocycles. The van der Waals surface area contributed by atoms with E-state index in [1.165, 1.54) is 16.9 Å². The largest absolute Gasteiger partial charge is 0.312 e. The molecule has 2 aromatic heterocycles. The summed E-state index contributed by atoms with van der Waals surface area (Å²) in [6.07, 6.45) is 0.149. The van der Waals surface area contributed by atoms with Crippen molar-refractivity contribution in [3.63, 3.8) is 0 Å². The molecule has 9 heteroatoms. The van der Waals surface area contributed by atoms with Gasteiger partial charge < -0.3 is 10.2 Å². The lowest BCUT2D eigenvalue weighted by molar-refractivity contribution is -0.122. The zero-order chi connectivity index (χ0) is 23.8. The van der Waals surface area contributed by atoms with Crippen LogP contribution >= 0.6 is 22.9 Å². The van der Waals surface area contributed by atoms with Gasteiger partial charge in [-0.25, -0.2) is 4.98 Å². The van der Waals surface area contributed by atoms with Gasteiger partial charge in [-0.1, -0.05) is 41.4 Å². The van der Waals surface area contributed by atoms with Gasteiger partial charge in [-0.2, -0.15) is 9.78 Å². The second-order valence-electron chi connectivity index (χ2n) is 8.34. The minimum atomic E-state index is -0.466. The Morgan fingerprint density at radius 3 is 2.59 bits per heavy atom. The van der Waals surface area contributed by atoms with E-state index in [1.807, 2.05) is 43.5 Å². The molecule has 1 saturated heterocycles.